The maximum atomic E-state index is 12.5. The van der Waals surface area contributed by atoms with E-state index in [1.54, 1.807) is 7.11 Å². The first-order chi connectivity index (χ1) is 12.2. The molecule has 0 saturated carbocycles. The number of hydrogen-bond acceptors (Lipinski definition) is 4. The van der Waals surface area contributed by atoms with Gasteiger partial charge in [0.05, 0.1) is 18.7 Å². The van der Waals surface area contributed by atoms with Crippen LogP contribution in [0.4, 0.5) is 5.69 Å². The number of nitrogens with one attached hydrogen (secondary N) is 1. The Morgan fingerprint density at radius 2 is 1.64 bits per heavy atom. The molecule has 0 aromatic heterocycles. The quantitative estimate of drug-likeness (QED) is 0.910. The Balaban J connectivity index is 1.55. The van der Waals surface area contributed by atoms with Crippen molar-refractivity contribution in [1.29, 1.82) is 0 Å². The number of hydrazine groups is 1. The number of amides is 1. The molecule has 1 unspecified atom stereocenters. The van der Waals surface area contributed by atoms with E-state index in [1.165, 1.54) is 0 Å². The summed E-state index contributed by atoms with van der Waals surface area (Å²) in [5.41, 5.74) is 5.19. The summed E-state index contributed by atoms with van der Waals surface area (Å²) in [4.78, 5) is 14.8. The predicted molar refractivity (Wildman–Crippen MR) is 99.8 cm³/mol. The van der Waals surface area contributed by atoms with E-state index in [0.29, 0.717) is 0 Å². The molecule has 0 aliphatic carbocycles. The van der Waals surface area contributed by atoms with Gasteiger partial charge in [-0.1, -0.05) is 42.5 Å². The van der Waals surface area contributed by atoms with Gasteiger partial charge in [0.2, 0.25) is 5.91 Å². The zero-order valence-corrected chi connectivity index (χ0v) is 14.8. The predicted octanol–water partition coefficient (Wildman–Crippen LogP) is 2.65. The fourth-order valence-corrected chi connectivity index (χ4v) is 3.10. The van der Waals surface area contributed by atoms with Crippen LogP contribution < -0.4 is 15.1 Å². The Bertz CT molecular complexity index is 697. The average Bonchev–Trinajstić information content (AvgIpc) is 2.68. The van der Waals surface area contributed by atoms with E-state index in [4.69, 9.17) is 4.74 Å². The molecule has 0 bridgehead atoms. The molecular weight excluding hydrogens is 314 g/mol. The maximum absolute atomic E-state index is 12.5. The number of ether oxygens (including phenoxy) is 1. The van der Waals surface area contributed by atoms with Gasteiger partial charge in [-0.3, -0.25) is 10.2 Å². The Hall–Kier alpha value is -2.53. The molecule has 1 amide bonds. The van der Waals surface area contributed by atoms with Gasteiger partial charge in [-0.15, -0.1) is 0 Å². The fourth-order valence-electron chi connectivity index (χ4n) is 3.10. The second-order valence-corrected chi connectivity index (χ2v) is 6.25. The second kappa shape index (κ2) is 8.03. The highest BCUT2D eigenvalue weighted by molar-refractivity contribution is 5.82. The molecule has 0 spiro atoms. The Morgan fingerprint density at radius 1 is 1.00 bits per heavy atom. The Morgan fingerprint density at radius 3 is 2.32 bits per heavy atom. The molecule has 2 aromatic carbocycles. The minimum Gasteiger partial charge on any atom is -0.495 e. The van der Waals surface area contributed by atoms with Crippen LogP contribution in [0.3, 0.4) is 0 Å². The van der Waals surface area contributed by atoms with Crippen molar-refractivity contribution in [2.45, 2.75) is 12.8 Å². The highest BCUT2D eigenvalue weighted by atomic mass is 16.5. The van der Waals surface area contributed by atoms with Crippen LogP contribution in [0, 0.1) is 0 Å². The molecule has 132 valence electrons. The summed E-state index contributed by atoms with van der Waals surface area (Å²) in [6.07, 6.45) is 0. The number of anilines is 1. The first-order valence-electron chi connectivity index (χ1n) is 8.67. The lowest BCUT2D eigenvalue weighted by molar-refractivity contribution is -0.127. The molecule has 1 fully saturated rings. The van der Waals surface area contributed by atoms with E-state index in [1.807, 2.05) is 60.5 Å². The molecule has 2 aromatic rings. The van der Waals surface area contributed by atoms with Crippen LogP contribution in [0.2, 0.25) is 0 Å². The van der Waals surface area contributed by atoms with E-state index in [9.17, 15) is 4.79 Å². The molecule has 1 atom stereocenters. The van der Waals surface area contributed by atoms with Gasteiger partial charge in [-0.2, -0.15) is 0 Å². The number of carbonyl (C=O) groups excluding carboxylic acids is 1. The molecule has 3 rings (SSSR count). The summed E-state index contributed by atoms with van der Waals surface area (Å²) in [6, 6.07) is 17.9. The molecule has 1 aliphatic heterocycles. The molecule has 5 nitrogen and oxygen atoms in total. The summed E-state index contributed by atoms with van der Waals surface area (Å²) < 4.78 is 5.45. The summed E-state index contributed by atoms with van der Waals surface area (Å²) >= 11 is 0. The molecule has 1 heterocycles. The first-order valence-corrected chi connectivity index (χ1v) is 8.67. The molecule has 0 radical (unpaired) electrons. The third kappa shape index (κ3) is 4.12. The second-order valence-electron chi connectivity index (χ2n) is 6.25. The normalized spacial score (nSPS) is 16.3. The van der Waals surface area contributed by atoms with Crippen LogP contribution in [0.5, 0.6) is 5.75 Å². The lowest BCUT2D eigenvalue weighted by atomic mass is 10.0. The smallest absolute Gasteiger partial charge is 0.241 e. The minimum atomic E-state index is -0.159. The number of para-hydroxylation sites is 2. The van der Waals surface area contributed by atoms with Gasteiger partial charge in [-0.25, -0.2) is 5.01 Å². The topological polar surface area (TPSA) is 44.8 Å². The highest BCUT2D eigenvalue weighted by Crippen LogP contribution is 2.28. The van der Waals surface area contributed by atoms with Crippen LogP contribution in [0.15, 0.2) is 54.6 Å². The van der Waals surface area contributed by atoms with Crippen molar-refractivity contribution in [3.63, 3.8) is 0 Å². The summed E-state index contributed by atoms with van der Waals surface area (Å²) in [7, 11) is 1.69. The summed E-state index contributed by atoms with van der Waals surface area (Å²) in [5.74, 6) is 0.767. The number of piperazine rings is 1. The Labute approximate surface area is 149 Å². The summed E-state index contributed by atoms with van der Waals surface area (Å²) in [6.45, 7) is 5.20. The van der Waals surface area contributed by atoms with E-state index < -0.39 is 0 Å². The molecule has 25 heavy (non-hydrogen) atoms. The van der Waals surface area contributed by atoms with Gasteiger partial charge < -0.3 is 9.64 Å². The van der Waals surface area contributed by atoms with Crippen molar-refractivity contribution in [1.82, 2.24) is 10.4 Å². The largest absolute Gasteiger partial charge is 0.495 e. The minimum absolute atomic E-state index is 0.0388. The van der Waals surface area contributed by atoms with Crippen LogP contribution >= 0.6 is 0 Å². The lowest BCUT2D eigenvalue weighted by Crippen LogP contribution is -2.54. The standard InChI is InChI=1S/C20H25N3O2/c1-16(17-8-4-3-5-9-17)20(24)21-23-14-12-22(13-15-23)18-10-6-7-11-19(18)25-2/h3-11,16H,12-15H2,1-2H3,(H,21,24). The zero-order chi connectivity index (χ0) is 17.6. The fraction of sp³-hybridized carbons (Fsp3) is 0.350. The van der Waals surface area contributed by atoms with Gasteiger partial charge in [-0.05, 0) is 24.6 Å². The van der Waals surface area contributed by atoms with Crippen LogP contribution in [0.25, 0.3) is 0 Å². The number of nitrogens with zero attached hydrogens (tertiary/aromatic N) is 2. The van der Waals surface area contributed by atoms with E-state index in [-0.39, 0.29) is 11.8 Å². The number of hydrogen-bond donors (Lipinski definition) is 1. The Kier molecular flexibility index (Phi) is 5.56. The van der Waals surface area contributed by atoms with E-state index in [2.05, 4.69) is 16.4 Å². The number of rotatable bonds is 5. The van der Waals surface area contributed by atoms with Crippen LogP contribution in [-0.4, -0.2) is 44.2 Å². The molecule has 1 N–H and O–H groups in total. The molecule has 1 aliphatic rings. The van der Waals surface area contributed by atoms with Gasteiger partial charge in [0.15, 0.2) is 0 Å². The molecule has 1 saturated heterocycles. The van der Waals surface area contributed by atoms with Crippen LogP contribution in [-0.2, 0) is 4.79 Å². The third-order valence-corrected chi connectivity index (χ3v) is 4.67. The SMILES string of the molecule is COc1ccccc1N1CCN(NC(=O)C(C)c2ccccc2)CC1. The maximum Gasteiger partial charge on any atom is 0.241 e. The summed E-state index contributed by atoms with van der Waals surface area (Å²) in [5, 5.41) is 2.01. The monoisotopic (exact) mass is 339 g/mol. The van der Waals surface area contributed by atoms with Gasteiger partial charge >= 0.3 is 0 Å². The highest BCUT2D eigenvalue weighted by Gasteiger charge is 2.22. The van der Waals surface area contributed by atoms with E-state index in [0.717, 1.165) is 43.2 Å². The first kappa shape index (κ1) is 17.3. The lowest BCUT2D eigenvalue weighted by Gasteiger charge is -2.36. The number of benzene rings is 2. The van der Waals surface area contributed by atoms with Crippen molar-refractivity contribution in [2.24, 2.45) is 0 Å². The number of carbonyl (C=O) groups is 1. The van der Waals surface area contributed by atoms with Crippen molar-refractivity contribution in [3.8, 4) is 5.75 Å². The van der Waals surface area contributed by atoms with Crippen molar-refractivity contribution in [3.05, 3.63) is 60.2 Å². The van der Waals surface area contributed by atoms with Crippen LogP contribution in [0.1, 0.15) is 18.4 Å². The third-order valence-electron chi connectivity index (χ3n) is 4.67. The van der Waals surface area contributed by atoms with Gasteiger partial charge in [0, 0.05) is 26.2 Å². The molecular formula is C20H25N3O2. The molecule has 5 heteroatoms. The van der Waals surface area contributed by atoms with Crippen molar-refractivity contribution < 1.29 is 9.53 Å². The zero-order valence-electron chi connectivity index (χ0n) is 14.8. The average molecular weight is 339 g/mol. The van der Waals surface area contributed by atoms with Crippen molar-refractivity contribution >= 4 is 11.6 Å². The van der Waals surface area contributed by atoms with Gasteiger partial charge in [0.25, 0.3) is 0 Å². The number of methoxy groups -OCH3 is 1. The van der Waals surface area contributed by atoms with Crippen molar-refractivity contribution in [2.75, 3.05) is 38.2 Å². The van der Waals surface area contributed by atoms with E-state index >= 15 is 0 Å². The van der Waals surface area contributed by atoms with Gasteiger partial charge in [0.1, 0.15) is 5.75 Å².